The molecule has 2 saturated heterocycles. The van der Waals surface area contributed by atoms with Crippen LogP contribution >= 0.6 is 0 Å². The van der Waals surface area contributed by atoms with E-state index < -0.39 is 30.5 Å². The number of rotatable bonds is 5. The van der Waals surface area contributed by atoms with Crippen LogP contribution in [-0.4, -0.2) is 64.9 Å². The Labute approximate surface area is 230 Å². The molecule has 3 atom stereocenters. The maximum Gasteiger partial charge on any atom is 0.494 e. The molecule has 5 rings (SSSR count). The highest BCUT2D eigenvalue weighted by molar-refractivity contribution is 6.62. The van der Waals surface area contributed by atoms with Gasteiger partial charge in [-0.3, -0.25) is 4.79 Å². The minimum Gasteiger partial charge on any atom is -0.453 e. The largest absolute Gasteiger partial charge is 0.494 e. The normalized spacial score (nSPS) is 23.1. The third kappa shape index (κ3) is 4.89. The number of nitrogens with zero attached hydrogens (tertiary/aromatic N) is 2. The zero-order valence-electron chi connectivity index (χ0n) is 24.1. The number of carbonyl (C=O) groups excluding carboxylic acids is 2. The van der Waals surface area contributed by atoms with Crippen LogP contribution < -0.4 is 10.8 Å². The van der Waals surface area contributed by atoms with E-state index >= 15 is 0 Å². The van der Waals surface area contributed by atoms with Crippen molar-refractivity contribution in [2.45, 2.75) is 78.2 Å². The third-order valence-corrected chi connectivity index (χ3v) is 8.54. The molecule has 0 radical (unpaired) electrons. The molecule has 0 bridgehead atoms. The predicted octanol–water partition coefficient (Wildman–Crippen LogP) is 4.31. The van der Waals surface area contributed by atoms with Crippen molar-refractivity contribution in [2.24, 2.45) is 11.8 Å². The second-order valence-electron chi connectivity index (χ2n) is 12.4. The van der Waals surface area contributed by atoms with Crippen molar-refractivity contribution in [1.82, 2.24) is 20.2 Å². The Morgan fingerprint density at radius 2 is 1.85 bits per heavy atom. The van der Waals surface area contributed by atoms with Gasteiger partial charge in [0.1, 0.15) is 11.9 Å². The van der Waals surface area contributed by atoms with Gasteiger partial charge in [-0.05, 0) is 62.9 Å². The number of carbonyl (C=O) groups is 2. The van der Waals surface area contributed by atoms with Crippen LogP contribution in [-0.2, 0) is 18.8 Å². The molecule has 2 fully saturated rings. The van der Waals surface area contributed by atoms with E-state index in [1.165, 1.54) is 7.11 Å². The smallest absolute Gasteiger partial charge is 0.453 e. The fourth-order valence-electron chi connectivity index (χ4n) is 5.56. The molecule has 3 heterocycles. The molecule has 2 aliphatic heterocycles. The van der Waals surface area contributed by atoms with E-state index in [2.05, 4.69) is 63.1 Å². The van der Waals surface area contributed by atoms with Gasteiger partial charge in [0.25, 0.3) is 0 Å². The number of hydrogen-bond donors (Lipinski definition) is 2. The first-order chi connectivity index (χ1) is 18.3. The van der Waals surface area contributed by atoms with Gasteiger partial charge in [-0.15, -0.1) is 0 Å². The molecule has 0 saturated carbocycles. The molecule has 0 aliphatic carbocycles. The second-order valence-corrected chi connectivity index (χ2v) is 12.4. The average Bonchev–Trinajstić information content (AvgIpc) is 3.54. The van der Waals surface area contributed by atoms with Crippen molar-refractivity contribution in [2.75, 3.05) is 13.7 Å². The quantitative estimate of drug-likeness (QED) is 0.473. The third-order valence-electron chi connectivity index (χ3n) is 8.54. The summed E-state index contributed by atoms with van der Waals surface area (Å²) in [6.07, 6.45) is 0.180. The van der Waals surface area contributed by atoms with E-state index in [1.54, 1.807) is 0 Å². The van der Waals surface area contributed by atoms with Gasteiger partial charge in [0.15, 0.2) is 0 Å². The number of methoxy groups -OCH3 is 1. The molecule has 2 aliphatic rings. The maximum absolute atomic E-state index is 13.6. The highest BCUT2D eigenvalue weighted by atomic mass is 16.7. The van der Waals surface area contributed by atoms with E-state index in [-0.39, 0.29) is 17.9 Å². The SMILES string of the molecule is COC(=O)N[C@H](C(=O)N1C[C@@H](C)C[C@H]1c1nc2ccc3cc(B4OC(C)(C)C(C)(C)O4)ccc3c2[nH]1)C(C)C. The van der Waals surface area contributed by atoms with Gasteiger partial charge in [-0.2, -0.15) is 0 Å². The van der Waals surface area contributed by atoms with E-state index in [9.17, 15) is 9.59 Å². The van der Waals surface area contributed by atoms with Crippen molar-refractivity contribution >= 4 is 46.4 Å². The van der Waals surface area contributed by atoms with E-state index in [0.717, 1.165) is 39.5 Å². The van der Waals surface area contributed by atoms with Crippen LogP contribution in [0.4, 0.5) is 4.79 Å². The van der Waals surface area contributed by atoms with Gasteiger partial charge < -0.3 is 29.2 Å². The number of ether oxygens (including phenoxy) is 1. The molecular weight excluding hydrogens is 495 g/mol. The van der Waals surface area contributed by atoms with Gasteiger partial charge in [-0.1, -0.05) is 45.0 Å². The summed E-state index contributed by atoms with van der Waals surface area (Å²) >= 11 is 0. The molecule has 208 valence electrons. The fraction of sp³-hybridized carbons (Fsp3) is 0.552. The van der Waals surface area contributed by atoms with Gasteiger partial charge in [-0.25, -0.2) is 9.78 Å². The summed E-state index contributed by atoms with van der Waals surface area (Å²) in [5.74, 6) is 0.844. The fourth-order valence-corrected chi connectivity index (χ4v) is 5.56. The minimum atomic E-state index is -0.677. The lowest BCUT2D eigenvalue weighted by Crippen LogP contribution is -2.51. The summed E-state index contributed by atoms with van der Waals surface area (Å²) in [7, 11) is 0.870. The number of imidazole rings is 1. The van der Waals surface area contributed by atoms with Crippen LogP contribution in [0.15, 0.2) is 30.3 Å². The number of likely N-dealkylation sites (tertiary alicyclic amines) is 1. The summed E-state index contributed by atoms with van der Waals surface area (Å²) in [5, 5.41) is 4.82. The predicted molar refractivity (Wildman–Crippen MR) is 152 cm³/mol. The summed E-state index contributed by atoms with van der Waals surface area (Å²) < 4.78 is 17.3. The summed E-state index contributed by atoms with van der Waals surface area (Å²) in [6, 6.07) is 9.41. The van der Waals surface area contributed by atoms with Crippen molar-refractivity contribution in [3.63, 3.8) is 0 Å². The molecule has 2 N–H and O–H groups in total. The van der Waals surface area contributed by atoms with Crippen molar-refractivity contribution in [3.05, 3.63) is 36.2 Å². The van der Waals surface area contributed by atoms with Crippen LogP contribution in [0, 0.1) is 11.8 Å². The van der Waals surface area contributed by atoms with Gasteiger partial charge in [0.2, 0.25) is 5.91 Å². The Morgan fingerprint density at radius 3 is 2.49 bits per heavy atom. The number of fused-ring (bicyclic) bond motifs is 3. The molecule has 9 nitrogen and oxygen atoms in total. The summed E-state index contributed by atoms with van der Waals surface area (Å²) in [5.41, 5.74) is 1.94. The molecule has 0 spiro atoms. The average molecular weight is 534 g/mol. The van der Waals surface area contributed by atoms with Gasteiger partial charge in [0, 0.05) is 11.9 Å². The number of aromatic nitrogens is 2. The minimum absolute atomic E-state index is 0.0917. The molecule has 0 unspecified atom stereocenters. The molecule has 2 amide bonds. The van der Waals surface area contributed by atoms with Gasteiger partial charge >= 0.3 is 13.2 Å². The Morgan fingerprint density at radius 1 is 1.15 bits per heavy atom. The Balaban J connectivity index is 1.46. The standard InChI is InChI=1S/C29H39BN4O5/c1-16(2)23(33-27(36)37-8)26(35)34-15-17(3)13-22(34)25-31-21-12-9-18-14-19(10-11-20(18)24(21)32-25)30-38-28(4,5)29(6,7)39-30/h9-12,14,16-17,22-23H,13,15H2,1-8H3,(H,31,32)(H,33,36)/t17-,22-,23-/m0/s1. The van der Waals surface area contributed by atoms with Crippen molar-refractivity contribution < 1.29 is 23.6 Å². The first-order valence-corrected chi connectivity index (χ1v) is 13.7. The number of alkyl carbamates (subject to hydrolysis) is 1. The zero-order valence-corrected chi connectivity index (χ0v) is 24.1. The molecule has 10 heteroatoms. The molecular formula is C29H39BN4O5. The Kier molecular flexibility index (Phi) is 6.91. The first kappa shape index (κ1) is 27.5. The van der Waals surface area contributed by atoms with E-state index in [4.69, 9.17) is 19.0 Å². The number of benzene rings is 2. The highest BCUT2D eigenvalue weighted by Gasteiger charge is 2.51. The lowest BCUT2D eigenvalue weighted by atomic mass is 9.78. The number of nitrogens with one attached hydrogen (secondary N) is 2. The Bertz CT molecular complexity index is 1400. The van der Waals surface area contributed by atoms with Crippen LogP contribution in [0.2, 0.25) is 0 Å². The summed E-state index contributed by atoms with van der Waals surface area (Å²) in [6.45, 7) is 14.8. The highest BCUT2D eigenvalue weighted by Crippen LogP contribution is 2.38. The number of aromatic amines is 1. The molecule has 39 heavy (non-hydrogen) atoms. The zero-order chi connectivity index (χ0) is 28.3. The van der Waals surface area contributed by atoms with E-state index in [1.807, 2.05) is 30.9 Å². The van der Waals surface area contributed by atoms with E-state index in [0.29, 0.717) is 12.5 Å². The number of H-pyrrole nitrogens is 1. The monoisotopic (exact) mass is 534 g/mol. The topological polar surface area (TPSA) is 106 Å². The number of hydrogen-bond acceptors (Lipinski definition) is 6. The summed E-state index contributed by atoms with van der Waals surface area (Å²) in [4.78, 5) is 35.9. The van der Waals surface area contributed by atoms with Crippen LogP contribution in [0.5, 0.6) is 0 Å². The molecule has 1 aromatic heterocycles. The lowest BCUT2D eigenvalue weighted by molar-refractivity contribution is -0.135. The first-order valence-electron chi connectivity index (χ1n) is 13.7. The second kappa shape index (κ2) is 9.82. The van der Waals surface area contributed by atoms with Gasteiger partial charge in [0.05, 0.1) is 35.4 Å². The maximum atomic E-state index is 13.6. The van der Waals surface area contributed by atoms with Crippen LogP contribution in [0.25, 0.3) is 21.8 Å². The Hall–Kier alpha value is -3.11. The lowest BCUT2D eigenvalue weighted by Gasteiger charge is -2.32. The molecule has 3 aromatic rings. The van der Waals surface area contributed by atoms with Crippen LogP contribution in [0.1, 0.15) is 66.8 Å². The van der Waals surface area contributed by atoms with Crippen molar-refractivity contribution in [3.8, 4) is 0 Å². The molecule has 2 aromatic carbocycles. The van der Waals surface area contributed by atoms with Crippen molar-refractivity contribution in [1.29, 1.82) is 0 Å². The van der Waals surface area contributed by atoms with Crippen LogP contribution in [0.3, 0.4) is 0 Å². The number of amides is 2.